The molecule has 5 rings (SSSR count). The standard InChI is InChI=1S/C26H26N6O4/c1-16(2)32-14-27-29-25(32)20-5-4-6-24(28-20)31-10-9-18-11-23(36-3)21(12-19(18)26(31)35)30(15-33)13-22(34)17-7-8-17/h4-6,9-12,14-17H,7-8,13H2,1-3H3. The molecule has 0 bridgehead atoms. The van der Waals surface area contributed by atoms with Gasteiger partial charge in [-0.3, -0.25) is 19.0 Å². The molecule has 10 nitrogen and oxygen atoms in total. The van der Waals surface area contributed by atoms with Gasteiger partial charge in [0.1, 0.15) is 23.6 Å². The number of nitrogens with zero attached hydrogens (tertiary/aromatic N) is 6. The van der Waals surface area contributed by atoms with Crippen LogP contribution in [0.3, 0.4) is 0 Å². The number of carbonyl (C=O) groups excluding carboxylic acids is 2. The molecular formula is C26H26N6O4. The fraction of sp³-hybridized carbons (Fsp3) is 0.308. The van der Waals surface area contributed by atoms with E-state index in [1.54, 1.807) is 36.8 Å². The van der Waals surface area contributed by atoms with Crippen LogP contribution in [0.2, 0.25) is 0 Å². The van der Waals surface area contributed by atoms with Gasteiger partial charge in [-0.05, 0) is 62.4 Å². The monoisotopic (exact) mass is 486 g/mol. The van der Waals surface area contributed by atoms with Crippen LogP contribution in [0.1, 0.15) is 32.7 Å². The number of anilines is 1. The third-order valence-corrected chi connectivity index (χ3v) is 6.34. The first-order valence-electron chi connectivity index (χ1n) is 11.8. The summed E-state index contributed by atoms with van der Waals surface area (Å²) in [6.45, 7) is 3.99. The van der Waals surface area contributed by atoms with E-state index >= 15 is 0 Å². The highest BCUT2D eigenvalue weighted by atomic mass is 16.5. The number of Topliss-reactive ketones (excluding diaryl/α,β-unsaturated/α-hetero) is 1. The number of methoxy groups -OCH3 is 1. The van der Waals surface area contributed by atoms with Crippen LogP contribution in [0.4, 0.5) is 5.69 Å². The topological polar surface area (TPSA) is 112 Å². The van der Waals surface area contributed by atoms with Gasteiger partial charge in [0.25, 0.3) is 5.56 Å². The first-order chi connectivity index (χ1) is 17.4. The summed E-state index contributed by atoms with van der Waals surface area (Å²) in [5.41, 5.74) is 0.646. The summed E-state index contributed by atoms with van der Waals surface area (Å²) in [6.07, 6.45) is 5.60. The molecule has 0 spiro atoms. The van der Waals surface area contributed by atoms with E-state index in [1.807, 2.05) is 30.5 Å². The van der Waals surface area contributed by atoms with E-state index in [1.165, 1.54) is 16.6 Å². The average Bonchev–Trinajstić information content (AvgIpc) is 3.62. The van der Waals surface area contributed by atoms with E-state index in [0.717, 1.165) is 12.8 Å². The van der Waals surface area contributed by atoms with Crippen molar-refractivity contribution < 1.29 is 14.3 Å². The number of pyridine rings is 2. The van der Waals surface area contributed by atoms with Crippen LogP contribution >= 0.6 is 0 Å². The Morgan fingerprint density at radius 2 is 2.06 bits per heavy atom. The van der Waals surface area contributed by atoms with Crippen LogP contribution < -0.4 is 15.2 Å². The number of carbonyl (C=O) groups is 2. The number of ketones is 1. The van der Waals surface area contributed by atoms with E-state index in [9.17, 15) is 14.4 Å². The lowest BCUT2D eigenvalue weighted by Crippen LogP contribution is -2.30. The van der Waals surface area contributed by atoms with Crippen molar-refractivity contribution in [2.75, 3.05) is 18.6 Å². The van der Waals surface area contributed by atoms with Gasteiger partial charge in [0.2, 0.25) is 6.41 Å². The normalized spacial score (nSPS) is 13.2. The number of hydrogen-bond donors (Lipinski definition) is 0. The predicted molar refractivity (Wildman–Crippen MR) is 134 cm³/mol. The molecule has 1 fully saturated rings. The van der Waals surface area contributed by atoms with Crippen molar-refractivity contribution in [3.05, 3.63) is 59.3 Å². The van der Waals surface area contributed by atoms with E-state index in [4.69, 9.17) is 4.74 Å². The molecule has 10 heteroatoms. The molecule has 0 unspecified atom stereocenters. The number of amides is 1. The van der Waals surface area contributed by atoms with Crippen LogP contribution in [0, 0.1) is 5.92 Å². The van der Waals surface area contributed by atoms with Gasteiger partial charge in [-0.2, -0.15) is 0 Å². The first-order valence-corrected chi connectivity index (χ1v) is 11.8. The second-order valence-corrected chi connectivity index (χ2v) is 9.11. The lowest BCUT2D eigenvalue weighted by molar-refractivity contribution is -0.120. The average molecular weight is 487 g/mol. The zero-order chi connectivity index (χ0) is 25.4. The number of hydrogen-bond acceptors (Lipinski definition) is 7. The molecule has 1 aliphatic rings. The zero-order valence-corrected chi connectivity index (χ0v) is 20.3. The molecular weight excluding hydrogens is 460 g/mol. The smallest absolute Gasteiger partial charge is 0.264 e. The van der Waals surface area contributed by atoms with Crippen LogP contribution in [-0.4, -0.2) is 50.2 Å². The molecule has 36 heavy (non-hydrogen) atoms. The van der Waals surface area contributed by atoms with E-state index < -0.39 is 0 Å². The molecule has 1 amide bonds. The summed E-state index contributed by atoms with van der Waals surface area (Å²) < 4.78 is 8.84. The van der Waals surface area contributed by atoms with E-state index in [-0.39, 0.29) is 29.8 Å². The molecule has 0 radical (unpaired) electrons. The molecule has 1 saturated carbocycles. The summed E-state index contributed by atoms with van der Waals surface area (Å²) in [7, 11) is 1.49. The Balaban J connectivity index is 1.59. The largest absolute Gasteiger partial charge is 0.495 e. The molecule has 1 aromatic carbocycles. The lowest BCUT2D eigenvalue weighted by atomic mass is 10.1. The van der Waals surface area contributed by atoms with Gasteiger partial charge in [0, 0.05) is 23.5 Å². The molecule has 3 aromatic heterocycles. The third-order valence-electron chi connectivity index (χ3n) is 6.34. The highest BCUT2D eigenvalue weighted by molar-refractivity contribution is 5.97. The highest BCUT2D eigenvalue weighted by Crippen LogP contribution is 2.34. The maximum atomic E-state index is 13.6. The fourth-order valence-electron chi connectivity index (χ4n) is 4.20. The molecule has 3 heterocycles. The summed E-state index contributed by atoms with van der Waals surface area (Å²) in [5, 5.41) is 9.22. The Morgan fingerprint density at radius 3 is 2.75 bits per heavy atom. The van der Waals surface area contributed by atoms with Gasteiger partial charge >= 0.3 is 0 Å². The van der Waals surface area contributed by atoms with Crippen LogP contribution in [0.5, 0.6) is 5.75 Å². The Bertz CT molecular complexity index is 1520. The van der Waals surface area contributed by atoms with Crippen molar-refractivity contribution in [1.29, 1.82) is 0 Å². The number of benzene rings is 1. The minimum absolute atomic E-state index is 0.00462. The predicted octanol–water partition coefficient (Wildman–Crippen LogP) is 3.18. The number of fused-ring (bicyclic) bond motifs is 1. The van der Waals surface area contributed by atoms with Gasteiger partial charge in [0.05, 0.1) is 19.3 Å². The van der Waals surface area contributed by atoms with Gasteiger partial charge in [-0.1, -0.05) is 6.07 Å². The van der Waals surface area contributed by atoms with Crippen molar-refractivity contribution >= 4 is 28.7 Å². The molecule has 184 valence electrons. The van der Waals surface area contributed by atoms with Gasteiger partial charge in [-0.15, -0.1) is 10.2 Å². The second-order valence-electron chi connectivity index (χ2n) is 9.11. The maximum absolute atomic E-state index is 13.6. The van der Waals surface area contributed by atoms with Crippen molar-refractivity contribution in [1.82, 2.24) is 24.3 Å². The molecule has 4 aromatic rings. The second kappa shape index (κ2) is 9.37. The Morgan fingerprint density at radius 1 is 1.25 bits per heavy atom. The molecule has 0 atom stereocenters. The number of rotatable bonds is 9. The minimum atomic E-state index is -0.314. The quantitative estimate of drug-likeness (QED) is 0.334. The van der Waals surface area contributed by atoms with Crippen molar-refractivity contribution in [3.8, 4) is 23.1 Å². The fourth-order valence-corrected chi connectivity index (χ4v) is 4.20. The summed E-state index contributed by atoms with van der Waals surface area (Å²) in [6, 6.07) is 10.6. The molecule has 0 aliphatic heterocycles. The van der Waals surface area contributed by atoms with Crippen molar-refractivity contribution in [2.24, 2.45) is 5.92 Å². The van der Waals surface area contributed by atoms with Crippen LogP contribution in [0.15, 0.2) is 53.7 Å². The van der Waals surface area contributed by atoms with Gasteiger partial charge < -0.3 is 14.2 Å². The van der Waals surface area contributed by atoms with Crippen LogP contribution in [0.25, 0.3) is 28.1 Å². The molecule has 0 N–H and O–H groups in total. The summed E-state index contributed by atoms with van der Waals surface area (Å²) in [4.78, 5) is 43.8. The number of ether oxygens (including phenoxy) is 1. The Hall–Kier alpha value is -4.34. The third kappa shape index (κ3) is 4.26. The van der Waals surface area contributed by atoms with Gasteiger partial charge in [0.15, 0.2) is 11.6 Å². The van der Waals surface area contributed by atoms with Gasteiger partial charge in [-0.25, -0.2) is 4.98 Å². The summed E-state index contributed by atoms with van der Waals surface area (Å²) in [5.74, 6) is 1.45. The van der Waals surface area contributed by atoms with Crippen LogP contribution in [-0.2, 0) is 9.59 Å². The van der Waals surface area contributed by atoms with E-state index in [0.29, 0.717) is 46.0 Å². The number of aromatic nitrogens is 5. The first kappa shape index (κ1) is 23.4. The lowest BCUT2D eigenvalue weighted by Gasteiger charge is -2.20. The highest BCUT2D eigenvalue weighted by Gasteiger charge is 2.31. The van der Waals surface area contributed by atoms with E-state index in [2.05, 4.69) is 15.2 Å². The Kier molecular flexibility index (Phi) is 6.09. The molecule has 0 saturated heterocycles. The SMILES string of the molecule is COc1cc2ccn(-c3cccc(-c4nncn4C(C)C)n3)c(=O)c2cc1N(C=O)CC(=O)C1CC1. The maximum Gasteiger partial charge on any atom is 0.264 e. The minimum Gasteiger partial charge on any atom is -0.495 e. The Labute approximate surface area is 207 Å². The zero-order valence-electron chi connectivity index (χ0n) is 20.3. The van der Waals surface area contributed by atoms with Crippen molar-refractivity contribution in [3.63, 3.8) is 0 Å². The molecule has 1 aliphatic carbocycles. The summed E-state index contributed by atoms with van der Waals surface area (Å²) >= 11 is 0. The van der Waals surface area contributed by atoms with Crippen molar-refractivity contribution in [2.45, 2.75) is 32.7 Å².